The molecule has 0 atom stereocenters. The summed E-state index contributed by atoms with van der Waals surface area (Å²) >= 11 is 0. The number of benzene rings is 1. The van der Waals surface area contributed by atoms with Crippen molar-refractivity contribution < 1.29 is 14.7 Å². The van der Waals surface area contributed by atoms with Crippen LogP contribution in [0, 0.1) is 5.92 Å². The third-order valence-electron chi connectivity index (χ3n) is 2.02. The van der Waals surface area contributed by atoms with Crippen LogP contribution in [-0.2, 0) is 16.2 Å². The predicted molar refractivity (Wildman–Crippen MR) is 66.0 cm³/mol. The number of hydrogen-bond donors (Lipinski definition) is 2. The number of rotatable bonds is 4. The lowest BCUT2D eigenvalue weighted by Crippen LogP contribution is -2.19. The molecular weight excluding hydrogens is 218 g/mol. The van der Waals surface area contributed by atoms with Gasteiger partial charge in [-0.25, -0.2) is 0 Å². The predicted octanol–water partition coefficient (Wildman–Crippen LogP) is 1.27. The van der Waals surface area contributed by atoms with E-state index in [1.54, 1.807) is 13.8 Å². The molecule has 0 saturated carbocycles. The molecular formula is C13H19NO3. The molecule has 0 bridgehead atoms. The first kappa shape index (κ1) is 15.3. The molecule has 0 unspecified atom stereocenters. The van der Waals surface area contributed by atoms with Crippen molar-refractivity contribution in [3.05, 3.63) is 35.9 Å². The molecule has 0 heterocycles. The largest absolute Gasteiger partial charge is 0.392 e. The van der Waals surface area contributed by atoms with Crippen LogP contribution >= 0.6 is 0 Å². The van der Waals surface area contributed by atoms with E-state index in [2.05, 4.69) is 0 Å². The second-order valence-corrected chi connectivity index (χ2v) is 3.91. The Hall–Kier alpha value is -1.68. The van der Waals surface area contributed by atoms with Crippen molar-refractivity contribution in [3.8, 4) is 0 Å². The first-order valence-corrected chi connectivity index (χ1v) is 5.43. The molecule has 0 aromatic heterocycles. The fourth-order valence-electron chi connectivity index (χ4n) is 0.959. The third kappa shape index (κ3) is 8.16. The molecule has 1 aromatic rings. The molecule has 4 nitrogen and oxygen atoms in total. The summed E-state index contributed by atoms with van der Waals surface area (Å²) in [5.74, 6) is -0.728. The van der Waals surface area contributed by atoms with Gasteiger partial charge in [0.05, 0.1) is 13.0 Å². The molecule has 0 aliphatic heterocycles. The highest BCUT2D eigenvalue weighted by molar-refractivity contribution is 5.98. The highest BCUT2D eigenvalue weighted by atomic mass is 16.3. The average Bonchev–Trinajstić information content (AvgIpc) is 2.30. The highest BCUT2D eigenvalue weighted by Crippen LogP contribution is 1.96. The van der Waals surface area contributed by atoms with Gasteiger partial charge in [-0.3, -0.25) is 9.59 Å². The summed E-state index contributed by atoms with van der Waals surface area (Å²) < 4.78 is 0. The van der Waals surface area contributed by atoms with Gasteiger partial charge in [-0.15, -0.1) is 0 Å². The Morgan fingerprint density at radius 2 is 1.76 bits per heavy atom. The van der Waals surface area contributed by atoms with Crippen LogP contribution in [0.15, 0.2) is 30.3 Å². The summed E-state index contributed by atoms with van der Waals surface area (Å²) in [5, 5.41) is 8.54. The van der Waals surface area contributed by atoms with Crippen LogP contribution in [0.4, 0.5) is 0 Å². The quantitative estimate of drug-likeness (QED) is 0.774. The zero-order valence-corrected chi connectivity index (χ0v) is 10.2. The van der Waals surface area contributed by atoms with Crippen molar-refractivity contribution in [1.29, 1.82) is 0 Å². The van der Waals surface area contributed by atoms with E-state index in [-0.39, 0.29) is 24.7 Å². The number of carbonyl (C=O) groups is 2. The van der Waals surface area contributed by atoms with Crippen LogP contribution in [0.25, 0.3) is 0 Å². The number of Topliss-reactive ketones (excluding diaryl/α,β-unsaturated/α-hetero) is 1. The van der Waals surface area contributed by atoms with Crippen molar-refractivity contribution in [2.24, 2.45) is 11.7 Å². The number of amides is 1. The van der Waals surface area contributed by atoms with Crippen LogP contribution in [-0.4, -0.2) is 16.8 Å². The van der Waals surface area contributed by atoms with E-state index >= 15 is 0 Å². The Morgan fingerprint density at radius 3 is 2.00 bits per heavy atom. The Kier molecular flexibility index (Phi) is 7.63. The maximum atomic E-state index is 10.7. The molecule has 0 aliphatic carbocycles. The van der Waals surface area contributed by atoms with Gasteiger partial charge in [0.15, 0.2) is 0 Å². The van der Waals surface area contributed by atoms with Gasteiger partial charge >= 0.3 is 0 Å². The molecule has 17 heavy (non-hydrogen) atoms. The van der Waals surface area contributed by atoms with E-state index in [1.165, 1.54) is 0 Å². The first-order chi connectivity index (χ1) is 7.97. The molecule has 3 N–H and O–H groups in total. The standard InChI is InChI=1S/C7H8O.C6H11NO2/c8-6-7-4-2-1-3-5-7;1-4(2)5(8)3-6(7)9/h1-5,8H,6H2;4H,3H2,1-2H3,(H2,7,9). The van der Waals surface area contributed by atoms with E-state index in [9.17, 15) is 9.59 Å². The molecule has 0 saturated heterocycles. The van der Waals surface area contributed by atoms with Gasteiger partial charge < -0.3 is 10.8 Å². The minimum atomic E-state index is -0.547. The van der Waals surface area contributed by atoms with Crippen molar-refractivity contribution in [2.75, 3.05) is 0 Å². The number of ketones is 1. The minimum absolute atomic E-state index is 0.0856. The van der Waals surface area contributed by atoms with Crippen LogP contribution in [0.5, 0.6) is 0 Å². The van der Waals surface area contributed by atoms with Crippen LogP contribution < -0.4 is 5.73 Å². The van der Waals surface area contributed by atoms with Crippen molar-refractivity contribution >= 4 is 11.7 Å². The average molecular weight is 237 g/mol. The van der Waals surface area contributed by atoms with Crippen molar-refractivity contribution in [2.45, 2.75) is 26.9 Å². The van der Waals surface area contributed by atoms with E-state index in [1.807, 2.05) is 30.3 Å². The monoisotopic (exact) mass is 237 g/mol. The van der Waals surface area contributed by atoms with E-state index in [0.29, 0.717) is 0 Å². The second-order valence-electron chi connectivity index (χ2n) is 3.91. The van der Waals surface area contributed by atoms with Crippen LogP contribution in [0.1, 0.15) is 25.8 Å². The molecule has 4 heteroatoms. The fourth-order valence-corrected chi connectivity index (χ4v) is 0.959. The topological polar surface area (TPSA) is 80.4 Å². The molecule has 0 aliphatic rings. The van der Waals surface area contributed by atoms with E-state index in [4.69, 9.17) is 10.8 Å². The first-order valence-electron chi connectivity index (χ1n) is 5.43. The summed E-state index contributed by atoms with van der Waals surface area (Å²) in [5.41, 5.74) is 5.74. The molecule has 1 aromatic carbocycles. The van der Waals surface area contributed by atoms with Gasteiger partial charge in [-0.1, -0.05) is 44.2 Å². The molecule has 0 fully saturated rings. The summed E-state index contributed by atoms with van der Waals surface area (Å²) in [6, 6.07) is 9.52. The Bertz CT molecular complexity index is 347. The molecule has 0 spiro atoms. The lowest BCUT2D eigenvalue weighted by Gasteiger charge is -1.98. The Labute approximate surface area is 101 Å². The SMILES string of the molecule is CC(C)C(=O)CC(N)=O.OCc1ccccc1. The van der Waals surface area contributed by atoms with Crippen LogP contribution in [0.2, 0.25) is 0 Å². The van der Waals surface area contributed by atoms with Gasteiger partial charge in [0.2, 0.25) is 5.91 Å². The maximum Gasteiger partial charge on any atom is 0.224 e. The fraction of sp³-hybridized carbons (Fsp3) is 0.385. The number of aliphatic hydroxyl groups excluding tert-OH is 1. The number of aliphatic hydroxyl groups is 1. The maximum absolute atomic E-state index is 10.7. The minimum Gasteiger partial charge on any atom is -0.392 e. The second kappa shape index (κ2) is 8.47. The summed E-state index contributed by atoms with van der Waals surface area (Å²) in [6.07, 6.45) is -0.127. The zero-order valence-electron chi connectivity index (χ0n) is 10.2. The highest BCUT2D eigenvalue weighted by Gasteiger charge is 2.08. The van der Waals surface area contributed by atoms with E-state index in [0.717, 1.165) is 5.56 Å². The molecule has 1 amide bonds. The molecule has 0 radical (unpaired) electrons. The number of nitrogens with two attached hydrogens (primary N) is 1. The molecule has 1 rings (SSSR count). The van der Waals surface area contributed by atoms with Gasteiger partial charge in [-0.2, -0.15) is 0 Å². The van der Waals surface area contributed by atoms with Gasteiger partial charge in [0.25, 0.3) is 0 Å². The summed E-state index contributed by atoms with van der Waals surface area (Å²) in [4.78, 5) is 20.8. The number of primary amides is 1. The Balaban J connectivity index is 0.000000302. The number of hydrogen-bond acceptors (Lipinski definition) is 3. The van der Waals surface area contributed by atoms with Gasteiger partial charge in [0, 0.05) is 5.92 Å². The Morgan fingerprint density at radius 1 is 1.24 bits per heavy atom. The lowest BCUT2D eigenvalue weighted by atomic mass is 10.1. The third-order valence-corrected chi connectivity index (χ3v) is 2.02. The smallest absolute Gasteiger partial charge is 0.224 e. The van der Waals surface area contributed by atoms with Crippen LogP contribution in [0.3, 0.4) is 0 Å². The van der Waals surface area contributed by atoms with Crippen molar-refractivity contribution in [3.63, 3.8) is 0 Å². The van der Waals surface area contributed by atoms with Crippen molar-refractivity contribution in [1.82, 2.24) is 0 Å². The normalized spacial score (nSPS) is 9.41. The summed E-state index contributed by atoms with van der Waals surface area (Å²) in [7, 11) is 0. The lowest BCUT2D eigenvalue weighted by molar-refractivity contribution is -0.128. The number of carbonyl (C=O) groups excluding carboxylic acids is 2. The molecule has 94 valence electrons. The van der Waals surface area contributed by atoms with E-state index < -0.39 is 5.91 Å². The van der Waals surface area contributed by atoms with Gasteiger partial charge in [-0.05, 0) is 5.56 Å². The zero-order chi connectivity index (χ0) is 13.3. The van der Waals surface area contributed by atoms with Gasteiger partial charge in [0.1, 0.15) is 5.78 Å². The summed E-state index contributed by atoms with van der Waals surface area (Å²) in [6.45, 7) is 3.62.